The fraction of sp³-hybridized carbons (Fsp3) is 0.321. The van der Waals surface area contributed by atoms with Gasteiger partial charge in [0.1, 0.15) is 0 Å². The first-order valence-electron chi connectivity index (χ1n) is 13.2. The molecule has 2 aromatic heterocycles. The van der Waals surface area contributed by atoms with Gasteiger partial charge in [-0.3, -0.25) is 0 Å². The van der Waals surface area contributed by atoms with Gasteiger partial charge in [0.25, 0.3) is 0 Å². The largest absolute Gasteiger partial charge is 0.511 e. The number of para-hydroxylation sites is 1. The third-order valence-electron chi connectivity index (χ3n) is 6.34. The van der Waals surface area contributed by atoms with E-state index < -0.39 is 24.8 Å². The van der Waals surface area contributed by atoms with Crippen molar-refractivity contribution in [1.29, 1.82) is 0 Å². The number of rotatable bonds is 10. The molecule has 0 radical (unpaired) electrons. The number of aromatic amines is 1. The van der Waals surface area contributed by atoms with Crippen molar-refractivity contribution in [3.63, 3.8) is 0 Å². The van der Waals surface area contributed by atoms with Gasteiger partial charge in [0.05, 0.1) is 29.2 Å². The topological polar surface area (TPSA) is 146 Å². The quantitative estimate of drug-likeness (QED) is 0.210. The number of carbonyl (C=O) groups is 2. The zero-order valence-corrected chi connectivity index (χ0v) is 23.2. The molecular formula is C28H31N7O6. The highest BCUT2D eigenvalue weighted by molar-refractivity contribution is 6.01. The summed E-state index contributed by atoms with van der Waals surface area (Å²) >= 11 is 0. The highest BCUT2D eigenvalue weighted by atomic mass is 16.8. The lowest BCUT2D eigenvalue weighted by Crippen LogP contribution is -2.38. The van der Waals surface area contributed by atoms with E-state index in [0.717, 1.165) is 28.2 Å². The van der Waals surface area contributed by atoms with Crippen molar-refractivity contribution >= 4 is 23.5 Å². The van der Waals surface area contributed by atoms with Crippen molar-refractivity contribution < 1.29 is 28.5 Å². The summed E-state index contributed by atoms with van der Waals surface area (Å²) in [5, 5.41) is 17.6. The Labute approximate surface area is 236 Å². The van der Waals surface area contributed by atoms with E-state index in [1.165, 1.54) is 6.92 Å². The number of ether oxygens (including phenoxy) is 4. The Bertz CT molecular complexity index is 1500. The Morgan fingerprint density at radius 1 is 1.07 bits per heavy atom. The van der Waals surface area contributed by atoms with Crippen LogP contribution in [0.2, 0.25) is 0 Å². The van der Waals surface area contributed by atoms with Gasteiger partial charge >= 0.3 is 12.1 Å². The Kier molecular flexibility index (Phi) is 8.15. The van der Waals surface area contributed by atoms with Gasteiger partial charge in [-0.05, 0) is 72.7 Å². The predicted octanol–water partition coefficient (Wildman–Crippen LogP) is 4.39. The van der Waals surface area contributed by atoms with Gasteiger partial charge in [-0.15, -0.1) is 5.10 Å². The van der Waals surface area contributed by atoms with Gasteiger partial charge in [0.2, 0.25) is 12.6 Å². The number of aryl methyl sites for hydroxylation is 1. The minimum Gasteiger partial charge on any atom is -0.435 e. The van der Waals surface area contributed by atoms with E-state index >= 15 is 0 Å². The Hall–Kier alpha value is -4.91. The number of carbonyl (C=O) groups excluding carboxylic acids is 2. The van der Waals surface area contributed by atoms with E-state index in [0.29, 0.717) is 30.2 Å². The van der Waals surface area contributed by atoms with E-state index in [1.54, 1.807) is 19.1 Å². The molecule has 5 rings (SSSR count). The second-order valence-corrected chi connectivity index (χ2v) is 9.24. The maximum absolute atomic E-state index is 13.2. The van der Waals surface area contributed by atoms with Gasteiger partial charge < -0.3 is 33.7 Å². The van der Waals surface area contributed by atoms with E-state index in [9.17, 15) is 9.59 Å². The minimum absolute atomic E-state index is 0.150. The number of benzene rings is 2. The molecule has 1 aliphatic heterocycles. The molecule has 214 valence electrons. The Balaban J connectivity index is 1.39. The summed E-state index contributed by atoms with van der Waals surface area (Å²) in [5.41, 5.74) is 5.50. The van der Waals surface area contributed by atoms with Crippen molar-refractivity contribution in [3.8, 4) is 17.2 Å². The zero-order chi connectivity index (χ0) is 28.9. The maximum Gasteiger partial charge on any atom is 0.511 e. The summed E-state index contributed by atoms with van der Waals surface area (Å²) in [4.78, 5) is 26.8. The van der Waals surface area contributed by atoms with Crippen LogP contribution in [0.15, 0.2) is 54.7 Å². The number of tetrazole rings is 1. The van der Waals surface area contributed by atoms with Crippen LogP contribution in [0.3, 0.4) is 0 Å². The normalized spacial score (nSPS) is 14.7. The summed E-state index contributed by atoms with van der Waals surface area (Å²) in [6.07, 6.45) is -0.530. The van der Waals surface area contributed by atoms with E-state index in [-0.39, 0.29) is 6.61 Å². The molecule has 13 nitrogen and oxygen atoms in total. The number of nitrogens with one attached hydrogen (secondary N) is 2. The molecule has 0 bridgehead atoms. The van der Waals surface area contributed by atoms with Crippen LogP contribution in [-0.4, -0.2) is 63.2 Å². The number of aromatic nitrogens is 5. The molecule has 13 heteroatoms. The summed E-state index contributed by atoms with van der Waals surface area (Å²) in [6.45, 7) is 8.07. The standard InChI is InChI=1S/C28H31N7O6/c1-5-38-27-29-22-9-7-8-21(26(36)40-18(4)41-28(37)39-6-2)24(22)35(27)16-19-10-12-20(13-11-19)34-15-17(3)14-23(34)25-30-32-33-31-25/h7-15,18,27,29H,5-6,16H2,1-4H3,(H,30,31,32,33). The van der Waals surface area contributed by atoms with Crippen LogP contribution in [0.4, 0.5) is 16.2 Å². The number of hydrogen-bond acceptors (Lipinski definition) is 11. The lowest BCUT2D eigenvalue weighted by molar-refractivity contribution is -0.0811. The van der Waals surface area contributed by atoms with Crippen LogP contribution in [0, 0.1) is 6.92 Å². The monoisotopic (exact) mass is 561 g/mol. The highest BCUT2D eigenvalue weighted by Crippen LogP contribution is 2.39. The third-order valence-corrected chi connectivity index (χ3v) is 6.34. The molecule has 2 N–H and O–H groups in total. The molecule has 0 fully saturated rings. The molecule has 0 saturated carbocycles. The molecule has 0 spiro atoms. The first kappa shape index (κ1) is 27.6. The van der Waals surface area contributed by atoms with Crippen LogP contribution in [0.25, 0.3) is 17.2 Å². The molecule has 2 atom stereocenters. The summed E-state index contributed by atoms with van der Waals surface area (Å²) in [7, 11) is 0. The third kappa shape index (κ3) is 5.99. The van der Waals surface area contributed by atoms with E-state index in [2.05, 4.69) is 25.9 Å². The second-order valence-electron chi connectivity index (χ2n) is 9.24. The first-order chi connectivity index (χ1) is 19.9. The molecular weight excluding hydrogens is 530 g/mol. The van der Waals surface area contributed by atoms with Crippen LogP contribution in [0.1, 0.15) is 42.3 Å². The van der Waals surface area contributed by atoms with Crippen LogP contribution < -0.4 is 10.2 Å². The second kappa shape index (κ2) is 12.1. The van der Waals surface area contributed by atoms with Crippen molar-refractivity contribution in [2.45, 2.75) is 46.9 Å². The van der Waals surface area contributed by atoms with Crippen LogP contribution in [-0.2, 0) is 25.5 Å². The van der Waals surface area contributed by atoms with Crippen molar-refractivity contribution in [1.82, 2.24) is 25.2 Å². The van der Waals surface area contributed by atoms with Gasteiger partial charge in [0, 0.05) is 32.0 Å². The molecule has 0 saturated heterocycles. The maximum atomic E-state index is 13.2. The Morgan fingerprint density at radius 3 is 2.59 bits per heavy atom. The lowest BCUT2D eigenvalue weighted by Gasteiger charge is -2.27. The predicted molar refractivity (Wildman–Crippen MR) is 148 cm³/mol. The van der Waals surface area contributed by atoms with Gasteiger partial charge in [-0.25, -0.2) is 14.7 Å². The smallest absolute Gasteiger partial charge is 0.435 e. The SMILES string of the molecule is CCOC(=O)OC(C)OC(=O)c1cccc2c1N(Cc1ccc(-n3cc(C)cc3-c3nnn[nH]3)cc1)C(OCC)N2. The van der Waals surface area contributed by atoms with E-state index in [4.69, 9.17) is 18.9 Å². The van der Waals surface area contributed by atoms with Crippen molar-refractivity contribution in [3.05, 3.63) is 71.4 Å². The molecule has 0 amide bonds. The molecule has 2 unspecified atom stereocenters. The minimum atomic E-state index is -1.13. The van der Waals surface area contributed by atoms with E-state index in [1.807, 2.05) is 65.9 Å². The molecule has 2 aromatic carbocycles. The molecule has 41 heavy (non-hydrogen) atoms. The fourth-order valence-electron chi connectivity index (χ4n) is 4.66. The first-order valence-corrected chi connectivity index (χ1v) is 13.2. The lowest BCUT2D eigenvalue weighted by atomic mass is 10.1. The van der Waals surface area contributed by atoms with Gasteiger partial charge in [-0.1, -0.05) is 18.2 Å². The highest BCUT2D eigenvalue weighted by Gasteiger charge is 2.34. The summed E-state index contributed by atoms with van der Waals surface area (Å²) in [5.74, 6) is -0.0711. The summed E-state index contributed by atoms with van der Waals surface area (Å²) in [6, 6.07) is 15.4. The molecule has 0 aliphatic carbocycles. The van der Waals surface area contributed by atoms with Crippen LogP contribution >= 0.6 is 0 Å². The number of H-pyrrole nitrogens is 1. The average molecular weight is 562 g/mol. The summed E-state index contributed by atoms with van der Waals surface area (Å²) < 4.78 is 23.1. The van der Waals surface area contributed by atoms with Crippen LogP contribution in [0.5, 0.6) is 0 Å². The molecule has 4 aromatic rings. The number of esters is 1. The molecule has 3 heterocycles. The molecule has 1 aliphatic rings. The number of nitrogens with zero attached hydrogens (tertiary/aromatic N) is 5. The van der Waals surface area contributed by atoms with Crippen molar-refractivity contribution in [2.24, 2.45) is 0 Å². The number of hydrogen-bond donors (Lipinski definition) is 2. The number of anilines is 2. The average Bonchev–Trinajstić information content (AvgIpc) is 3.69. The van der Waals surface area contributed by atoms with Gasteiger partial charge in [-0.2, -0.15) is 0 Å². The Morgan fingerprint density at radius 2 is 1.88 bits per heavy atom. The van der Waals surface area contributed by atoms with Gasteiger partial charge in [0.15, 0.2) is 5.82 Å². The zero-order valence-electron chi connectivity index (χ0n) is 23.2. The van der Waals surface area contributed by atoms with Crippen molar-refractivity contribution in [2.75, 3.05) is 23.4 Å². The fourth-order valence-corrected chi connectivity index (χ4v) is 4.66. The number of fused-ring (bicyclic) bond motifs is 1.